The molecule has 11 heteroatoms. The summed E-state index contributed by atoms with van der Waals surface area (Å²) < 4.78 is 78.1. The van der Waals surface area contributed by atoms with Crippen molar-refractivity contribution < 1.29 is 35.9 Å². The molecule has 1 aromatic rings. The van der Waals surface area contributed by atoms with Gasteiger partial charge in [0.1, 0.15) is 5.60 Å². The maximum absolute atomic E-state index is 15.0. The van der Waals surface area contributed by atoms with E-state index in [1.54, 1.807) is 30.6 Å². The molecule has 34 heavy (non-hydrogen) atoms. The Morgan fingerprint density at radius 2 is 1.79 bits per heavy atom. The molecule has 0 N–H and O–H groups in total. The Balaban J connectivity index is 1.52. The lowest BCUT2D eigenvalue weighted by Gasteiger charge is -2.45. The molecule has 3 rings (SSSR count). The second-order valence-electron chi connectivity index (χ2n) is 10.1. The molecule has 1 saturated carbocycles. The normalized spacial score (nSPS) is 24.0. The van der Waals surface area contributed by atoms with Crippen molar-refractivity contribution in [2.24, 2.45) is 5.92 Å². The smallest absolute Gasteiger partial charge is 0.410 e. The minimum Gasteiger partial charge on any atom is -0.490 e. The van der Waals surface area contributed by atoms with E-state index in [2.05, 4.69) is 0 Å². The van der Waals surface area contributed by atoms with Crippen molar-refractivity contribution in [3.8, 4) is 5.75 Å². The van der Waals surface area contributed by atoms with Gasteiger partial charge in [-0.15, -0.1) is 0 Å². The molecule has 2 unspecified atom stereocenters. The van der Waals surface area contributed by atoms with Gasteiger partial charge in [0.15, 0.2) is 21.4 Å². The zero-order valence-corrected chi connectivity index (χ0v) is 20.8. The van der Waals surface area contributed by atoms with Crippen molar-refractivity contribution in [2.45, 2.75) is 62.5 Å². The van der Waals surface area contributed by atoms with E-state index < -0.39 is 45.2 Å². The molecule has 2 fully saturated rings. The first-order valence-corrected chi connectivity index (χ1v) is 13.3. The standard InChI is InChI=1S/C23H33F3N2O5S/c1-22(2,3)33-21(29)28-11-9-27(10-12-28)20-8-5-16(14-23(20,25)26)15-32-19-7-6-17(13-18(19)24)34(4,30)31/h6-7,13,16,20H,5,8-12,14-15H2,1-4H3. The number of carbonyl (C=O) groups excluding carboxylic acids is 1. The van der Waals surface area contributed by atoms with Gasteiger partial charge in [0, 0.05) is 38.9 Å². The third-order valence-corrected chi connectivity index (χ3v) is 7.22. The average molecular weight is 507 g/mol. The fraction of sp³-hybridized carbons (Fsp3) is 0.696. The van der Waals surface area contributed by atoms with Crippen molar-refractivity contribution >= 4 is 15.9 Å². The molecule has 0 bridgehead atoms. The van der Waals surface area contributed by atoms with Crippen LogP contribution >= 0.6 is 0 Å². The van der Waals surface area contributed by atoms with Crippen molar-refractivity contribution in [1.29, 1.82) is 0 Å². The number of alkyl halides is 2. The Morgan fingerprint density at radius 1 is 1.15 bits per heavy atom. The van der Waals surface area contributed by atoms with Gasteiger partial charge in [-0.1, -0.05) is 0 Å². The predicted octanol–water partition coefficient (Wildman–Crippen LogP) is 3.96. The highest BCUT2D eigenvalue weighted by molar-refractivity contribution is 7.90. The van der Waals surface area contributed by atoms with Gasteiger partial charge in [0.05, 0.1) is 17.5 Å². The van der Waals surface area contributed by atoms with E-state index in [4.69, 9.17) is 9.47 Å². The molecule has 2 aliphatic rings. The van der Waals surface area contributed by atoms with Gasteiger partial charge in [-0.2, -0.15) is 0 Å². The van der Waals surface area contributed by atoms with Crippen molar-refractivity contribution in [1.82, 2.24) is 9.80 Å². The van der Waals surface area contributed by atoms with Crippen LogP contribution in [-0.4, -0.2) is 80.9 Å². The monoisotopic (exact) mass is 506 g/mol. The largest absolute Gasteiger partial charge is 0.490 e. The maximum Gasteiger partial charge on any atom is 0.410 e. The molecule has 1 aliphatic heterocycles. The Labute approximate surface area is 199 Å². The Hall–Kier alpha value is -2.01. The fourth-order valence-electron chi connectivity index (χ4n) is 4.40. The average Bonchev–Trinajstić information content (AvgIpc) is 2.70. The van der Waals surface area contributed by atoms with Crippen LogP contribution in [0.25, 0.3) is 0 Å². The summed E-state index contributed by atoms with van der Waals surface area (Å²) in [5.41, 5.74) is -0.611. The quantitative estimate of drug-likeness (QED) is 0.602. The molecular weight excluding hydrogens is 473 g/mol. The van der Waals surface area contributed by atoms with E-state index in [1.807, 2.05) is 0 Å². The molecule has 192 valence electrons. The number of sulfone groups is 1. The number of piperazine rings is 1. The van der Waals surface area contributed by atoms with Crippen LogP contribution in [0.15, 0.2) is 23.1 Å². The van der Waals surface area contributed by atoms with Crippen LogP contribution in [0.4, 0.5) is 18.0 Å². The van der Waals surface area contributed by atoms with Crippen LogP contribution in [0.1, 0.15) is 40.0 Å². The molecule has 1 heterocycles. The van der Waals surface area contributed by atoms with Gasteiger partial charge in [-0.05, 0) is 57.7 Å². The first-order valence-electron chi connectivity index (χ1n) is 11.4. The summed E-state index contributed by atoms with van der Waals surface area (Å²) in [7, 11) is -3.55. The molecule has 1 aromatic carbocycles. The van der Waals surface area contributed by atoms with Crippen LogP contribution in [0.5, 0.6) is 5.75 Å². The van der Waals surface area contributed by atoms with Crippen LogP contribution < -0.4 is 4.74 Å². The summed E-state index contributed by atoms with van der Waals surface area (Å²) in [6, 6.07) is 2.39. The van der Waals surface area contributed by atoms with Crippen molar-refractivity contribution in [3.63, 3.8) is 0 Å². The predicted molar refractivity (Wildman–Crippen MR) is 120 cm³/mol. The molecule has 0 aromatic heterocycles. The third kappa shape index (κ3) is 6.78. The highest BCUT2D eigenvalue weighted by Gasteiger charge is 2.48. The molecule has 7 nitrogen and oxygen atoms in total. The van der Waals surface area contributed by atoms with Gasteiger partial charge in [-0.3, -0.25) is 4.90 Å². The number of benzene rings is 1. The third-order valence-electron chi connectivity index (χ3n) is 6.11. The summed E-state index contributed by atoms with van der Waals surface area (Å²) in [4.78, 5) is 15.3. The minimum atomic E-state index is -3.55. The highest BCUT2D eigenvalue weighted by Crippen LogP contribution is 2.40. The Bertz CT molecular complexity index is 989. The van der Waals surface area contributed by atoms with Crippen LogP contribution in [0.2, 0.25) is 0 Å². The number of amides is 1. The van der Waals surface area contributed by atoms with E-state index in [-0.39, 0.29) is 30.1 Å². The summed E-state index contributed by atoms with van der Waals surface area (Å²) in [5, 5.41) is 0. The first-order chi connectivity index (χ1) is 15.7. The Morgan fingerprint density at radius 3 is 2.32 bits per heavy atom. The van der Waals surface area contributed by atoms with Gasteiger partial charge in [0.2, 0.25) is 0 Å². The number of rotatable bonds is 5. The summed E-state index contributed by atoms with van der Waals surface area (Å²) in [5.74, 6) is -4.40. The summed E-state index contributed by atoms with van der Waals surface area (Å²) in [6.45, 7) is 6.61. The number of carbonyl (C=O) groups is 1. The molecule has 1 saturated heterocycles. The van der Waals surface area contributed by atoms with Crippen molar-refractivity contribution in [2.75, 3.05) is 39.0 Å². The fourth-order valence-corrected chi connectivity index (χ4v) is 5.03. The molecule has 2 atom stereocenters. The van der Waals surface area contributed by atoms with E-state index in [9.17, 15) is 17.6 Å². The number of halogens is 3. The summed E-state index contributed by atoms with van der Waals surface area (Å²) >= 11 is 0. The number of ether oxygens (including phenoxy) is 2. The zero-order valence-electron chi connectivity index (χ0n) is 20.0. The first kappa shape index (κ1) is 26.6. The lowest BCUT2D eigenvalue weighted by atomic mass is 9.82. The van der Waals surface area contributed by atoms with E-state index in [0.717, 1.165) is 12.3 Å². The SMILES string of the molecule is CC(C)(C)OC(=O)N1CCN(C2CCC(COc3ccc(S(C)(=O)=O)cc3F)CC2(F)F)CC1. The highest BCUT2D eigenvalue weighted by atomic mass is 32.2. The lowest BCUT2D eigenvalue weighted by Crippen LogP contribution is -2.58. The number of hydrogen-bond donors (Lipinski definition) is 0. The Kier molecular flexibility index (Phi) is 7.76. The van der Waals surface area contributed by atoms with Gasteiger partial charge in [0.25, 0.3) is 5.92 Å². The van der Waals surface area contributed by atoms with Gasteiger partial charge < -0.3 is 14.4 Å². The van der Waals surface area contributed by atoms with Gasteiger partial charge >= 0.3 is 6.09 Å². The molecule has 1 amide bonds. The number of hydrogen-bond acceptors (Lipinski definition) is 6. The van der Waals surface area contributed by atoms with E-state index >= 15 is 8.78 Å². The lowest BCUT2D eigenvalue weighted by molar-refractivity contribution is -0.130. The molecular formula is C23H33F3N2O5S. The molecule has 0 radical (unpaired) electrons. The van der Waals surface area contributed by atoms with Crippen LogP contribution in [0, 0.1) is 11.7 Å². The molecule has 1 aliphatic carbocycles. The van der Waals surface area contributed by atoms with Crippen LogP contribution in [0.3, 0.4) is 0 Å². The van der Waals surface area contributed by atoms with Gasteiger partial charge in [-0.25, -0.2) is 26.4 Å². The van der Waals surface area contributed by atoms with Crippen LogP contribution in [-0.2, 0) is 14.6 Å². The van der Waals surface area contributed by atoms with E-state index in [0.29, 0.717) is 32.6 Å². The zero-order chi connectivity index (χ0) is 25.3. The number of nitrogens with zero attached hydrogens (tertiary/aromatic N) is 2. The maximum atomic E-state index is 15.0. The molecule has 0 spiro atoms. The summed E-state index contributed by atoms with van der Waals surface area (Å²) in [6.07, 6.45) is 0.919. The minimum absolute atomic E-state index is 0.0795. The van der Waals surface area contributed by atoms with E-state index in [1.165, 1.54) is 12.1 Å². The topological polar surface area (TPSA) is 76.2 Å². The van der Waals surface area contributed by atoms with Crippen molar-refractivity contribution in [3.05, 3.63) is 24.0 Å². The second-order valence-corrected chi connectivity index (χ2v) is 12.1. The second kappa shape index (κ2) is 9.93.